The van der Waals surface area contributed by atoms with Crippen LogP contribution in [0.25, 0.3) is 0 Å². The van der Waals surface area contributed by atoms with Crippen molar-refractivity contribution in [3.63, 3.8) is 0 Å². The highest BCUT2D eigenvalue weighted by Gasteiger charge is 2.15. The molecule has 0 aliphatic rings. The second-order valence-electron chi connectivity index (χ2n) is 5.75. The van der Waals surface area contributed by atoms with Crippen LogP contribution in [0.3, 0.4) is 0 Å². The van der Waals surface area contributed by atoms with Gasteiger partial charge in [-0.3, -0.25) is 0 Å². The highest BCUT2D eigenvalue weighted by molar-refractivity contribution is 7.75. The number of carbonyl (C=O) groups is 1. The van der Waals surface area contributed by atoms with E-state index in [2.05, 4.69) is 4.18 Å². The normalized spacial score (nSPS) is 11.9. The molecule has 0 radical (unpaired) electrons. The summed E-state index contributed by atoms with van der Waals surface area (Å²) in [6.45, 7) is 5.03. The average molecular weight is 384 g/mol. The minimum absolute atomic E-state index is 0.0631. The smallest absolute Gasteiger partial charge is 0.401 e. The molecule has 26 heavy (non-hydrogen) atoms. The van der Waals surface area contributed by atoms with Crippen LogP contribution in [0.15, 0.2) is 36.4 Å². The molecule has 0 aliphatic heterocycles. The molecule has 2 aromatic rings. The van der Waals surface area contributed by atoms with Crippen LogP contribution in [-0.4, -0.2) is 16.3 Å². The lowest BCUT2D eigenvalue weighted by Crippen LogP contribution is -2.13. The molecule has 5 nitrogen and oxygen atoms in total. The van der Waals surface area contributed by atoms with Gasteiger partial charge in [0.1, 0.15) is 23.9 Å². The monoisotopic (exact) mass is 384 g/mol. The summed E-state index contributed by atoms with van der Waals surface area (Å²) in [6.07, 6.45) is -0.296. The molecule has 0 bridgehead atoms. The number of halogens is 2. The van der Waals surface area contributed by atoms with Gasteiger partial charge in [-0.25, -0.2) is 9.18 Å². The molecule has 0 aliphatic carbocycles. The molecule has 8 heteroatoms. The average Bonchev–Trinajstić information content (AvgIpc) is 2.54. The zero-order valence-corrected chi connectivity index (χ0v) is 15.3. The third-order valence-corrected chi connectivity index (χ3v) is 3.69. The second kappa shape index (κ2) is 8.75. The van der Waals surface area contributed by atoms with Crippen molar-refractivity contribution >= 4 is 17.4 Å². The molecule has 0 N–H and O–H groups in total. The van der Waals surface area contributed by atoms with E-state index >= 15 is 0 Å². The van der Waals surface area contributed by atoms with Gasteiger partial charge in [-0.15, -0.1) is 0 Å². The molecule has 0 amide bonds. The number of aryl methyl sites for hydroxylation is 1. The van der Waals surface area contributed by atoms with Crippen molar-refractivity contribution in [3.8, 4) is 11.5 Å². The number of carbonyl (C=O) groups excluding carboxylic acids is 1. The van der Waals surface area contributed by atoms with E-state index in [-0.39, 0.29) is 24.0 Å². The fourth-order valence-electron chi connectivity index (χ4n) is 2.18. The SMILES string of the molecule is Cc1cc(C(=O)OC(C)C)cc(F)c1COc1ccc(OS(=O)F)cc1. The molecule has 2 rings (SSSR count). The van der Waals surface area contributed by atoms with Gasteiger partial charge in [0.2, 0.25) is 0 Å². The zero-order valence-electron chi connectivity index (χ0n) is 14.5. The number of rotatable bonds is 7. The predicted octanol–water partition coefficient (Wildman–Crippen LogP) is 4.21. The fourth-order valence-corrected chi connectivity index (χ4v) is 2.44. The van der Waals surface area contributed by atoms with Crippen LogP contribution in [0, 0.1) is 12.7 Å². The fraction of sp³-hybridized carbons (Fsp3) is 0.278. The number of esters is 1. The Bertz CT molecular complexity index is 783. The van der Waals surface area contributed by atoms with Gasteiger partial charge in [0.25, 0.3) is 0 Å². The number of hydrogen-bond acceptors (Lipinski definition) is 5. The van der Waals surface area contributed by atoms with Crippen molar-refractivity contribution in [1.82, 2.24) is 0 Å². The number of benzene rings is 2. The van der Waals surface area contributed by atoms with Gasteiger partial charge >= 0.3 is 17.4 Å². The quantitative estimate of drug-likeness (QED) is 0.529. The molecule has 1 unspecified atom stereocenters. The lowest BCUT2D eigenvalue weighted by atomic mass is 10.0. The lowest BCUT2D eigenvalue weighted by Gasteiger charge is -2.13. The van der Waals surface area contributed by atoms with Crippen LogP contribution >= 0.6 is 0 Å². The standard InChI is InChI=1S/C18H18F2O5S/c1-11(2)24-18(21)13-8-12(3)16(17(19)9-13)10-23-14-4-6-15(7-5-14)25-26(20)22/h4-9,11H,10H2,1-3H3. The number of ether oxygens (including phenoxy) is 2. The summed E-state index contributed by atoms with van der Waals surface area (Å²) < 4.78 is 51.9. The van der Waals surface area contributed by atoms with Gasteiger partial charge < -0.3 is 13.7 Å². The van der Waals surface area contributed by atoms with Crippen LogP contribution < -0.4 is 8.92 Å². The summed E-state index contributed by atoms with van der Waals surface area (Å²) in [5.41, 5.74) is 0.989. The molecule has 2 aromatic carbocycles. The van der Waals surface area contributed by atoms with Crippen molar-refractivity contribution in [1.29, 1.82) is 0 Å². The Labute approximate surface area is 152 Å². The maximum atomic E-state index is 14.3. The first-order valence-electron chi connectivity index (χ1n) is 7.75. The predicted molar refractivity (Wildman–Crippen MR) is 92.3 cm³/mol. The molecular weight excluding hydrogens is 366 g/mol. The molecule has 0 saturated heterocycles. The Hall–Kier alpha value is -2.48. The maximum Gasteiger partial charge on any atom is 0.401 e. The molecule has 0 heterocycles. The van der Waals surface area contributed by atoms with E-state index in [1.54, 1.807) is 26.8 Å². The van der Waals surface area contributed by atoms with E-state index in [9.17, 15) is 17.3 Å². The summed E-state index contributed by atoms with van der Waals surface area (Å²) in [5, 5.41) is 0. The first-order valence-corrected chi connectivity index (χ1v) is 8.73. The van der Waals surface area contributed by atoms with Crippen molar-refractivity contribution in [2.45, 2.75) is 33.5 Å². The van der Waals surface area contributed by atoms with Crippen LogP contribution in [-0.2, 0) is 22.8 Å². The second-order valence-corrected chi connectivity index (χ2v) is 6.30. The van der Waals surface area contributed by atoms with Gasteiger partial charge in [0.05, 0.1) is 11.7 Å². The van der Waals surface area contributed by atoms with Gasteiger partial charge in [-0.1, -0.05) is 3.89 Å². The van der Waals surface area contributed by atoms with E-state index in [1.807, 2.05) is 0 Å². The third-order valence-electron chi connectivity index (χ3n) is 3.37. The Morgan fingerprint density at radius 1 is 1.15 bits per heavy atom. The molecule has 0 fully saturated rings. The minimum atomic E-state index is -2.90. The first kappa shape index (κ1) is 19.8. The van der Waals surface area contributed by atoms with Crippen molar-refractivity contribution in [2.24, 2.45) is 0 Å². The van der Waals surface area contributed by atoms with E-state index in [0.717, 1.165) is 6.07 Å². The summed E-state index contributed by atoms with van der Waals surface area (Å²) in [5.74, 6) is -0.693. The maximum absolute atomic E-state index is 14.3. The highest BCUT2D eigenvalue weighted by atomic mass is 32.2. The van der Waals surface area contributed by atoms with Gasteiger partial charge in [0.15, 0.2) is 0 Å². The van der Waals surface area contributed by atoms with Crippen LogP contribution in [0.5, 0.6) is 11.5 Å². The van der Waals surface area contributed by atoms with Gasteiger partial charge in [0, 0.05) is 5.56 Å². The van der Waals surface area contributed by atoms with E-state index in [0.29, 0.717) is 16.9 Å². The summed E-state index contributed by atoms with van der Waals surface area (Å²) in [7, 11) is 0. The third kappa shape index (κ3) is 5.52. The Morgan fingerprint density at radius 3 is 2.31 bits per heavy atom. The van der Waals surface area contributed by atoms with Crippen molar-refractivity contribution < 1.29 is 30.9 Å². The van der Waals surface area contributed by atoms with Crippen molar-refractivity contribution in [3.05, 3.63) is 58.9 Å². The topological polar surface area (TPSA) is 61.8 Å². The summed E-state index contributed by atoms with van der Waals surface area (Å²) in [6, 6.07) is 8.36. The van der Waals surface area contributed by atoms with Crippen LogP contribution in [0.2, 0.25) is 0 Å². The molecule has 0 aromatic heterocycles. The van der Waals surface area contributed by atoms with E-state index in [1.165, 1.54) is 24.3 Å². The largest absolute Gasteiger partial charge is 0.489 e. The van der Waals surface area contributed by atoms with Crippen LogP contribution in [0.1, 0.15) is 35.3 Å². The summed E-state index contributed by atoms with van der Waals surface area (Å²) >= 11 is -2.90. The van der Waals surface area contributed by atoms with E-state index < -0.39 is 23.3 Å². The first-order chi connectivity index (χ1) is 12.3. The lowest BCUT2D eigenvalue weighted by molar-refractivity contribution is 0.0377. The molecule has 0 spiro atoms. The van der Waals surface area contributed by atoms with Gasteiger partial charge in [-0.05, 0) is 62.7 Å². The molecule has 1 atom stereocenters. The van der Waals surface area contributed by atoms with Crippen molar-refractivity contribution in [2.75, 3.05) is 0 Å². The zero-order chi connectivity index (χ0) is 19.3. The minimum Gasteiger partial charge on any atom is -0.489 e. The Balaban J connectivity index is 2.07. The van der Waals surface area contributed by atoms with Crippen LogP contribution in [0.4, 0.5) is 8.28 Å². The Kier molecular flexibility index (Phi) is 6.68. The van der Waals surface area contributed by atoms with Gasteiger partial charge in [-0.2, -0.15) is 4.21 Å². The summed E-state index contributed by atoms with van der Waals surface area (Å²) in [4.78, 5) is 11.9. The van der Waals surface area contributed by atoms with E-state index in [4.69, 9.17) is 9.47 Å². The molecular formula is C18H18F2O5S. The Morgan fingerprint density at radius 2 is 1.77 bits per heavy atom. The molecule has 140 valence electrons. The highest BCUT2D eigenvalue weighted by Crippen LogP contribution is 2.22. The number of hydrogen-bond donors (Lipinski definition) is 0. The molecule has 0 saturated carbocycles.